The number of aromatic nitrogens is 2. The molecule has 4 rings (SSSR count). The number of anilines is 2. The first-order chi connectivity index (χ1) is 18.6. The third kappa shape index (κ3) is 5.56. The maximum absolute atomic E-state index is 13.4. The number of non-ortho nitro benzene ring substituents is 1. The summed E-state index contributed by atoms with van der Waals surface area (Å²) in [4.78, 5) is 29.6. The number of benzene rings is 1. The maximum Gasteiger partial charge on any atom is 0.416 e. The number of pyridine rings is 2. The first kappa shape index (κ1) is 28.8. The van der Waals surface area contributed by atoms with Crippen LogP contribution in [0.3, 0.4) is 0 Å². The van der Waals surface area contributed by atoms with Crippen molar-refractivity contribution in [2.24, 2.45) is 7.05 Å². The van der Waals surface area contributed by atoms with Gasteiger partial charge in [0, 0.05) is 56.9 Å². The van der Waals surface area contributed by atoms with Crippen LogP contribution in [0.4, 0.5) is 30.4 Å². The van der Waals surface area contributed by atoms with Gasteiger partial charge in [-0.1, -0.05) is 0 Å². The zero-order valence-electron chi connectivity index (χ0n) is 21.6. The monoisotopic (exact) mass is 579 g/mol. The number of rotatable bonds is 6. The van der Waals surface area contributed by atoms with Gasteiger partial charge >= 0.3 is 6.18 Å². The Kier molecular flexibility index (Phi) is 7.47. The molecule has 16 heteroatoms. The highest BCUT2D eigenvalue weighted by Gasteiger charge is 2.33. The third-order valence-electron chi connectivity index (χ3n) is 6.73. The molecule has 1 N–H and O–H groups in total. The lowest BCUT2D eigenvalue weighted by atomic mass is 10.0. The van der Waals surface area contributed by atoms with E-state index < -0.39 is 44.0 Å². The Hall–Kier alpha value is -4.23. The molecule has 3 aromatic rings. The van der Waals surface area contributed by atoms with Gasteiger partial charge in [0.2, 0.25) is 10.0 Å². The van der Waals surface area contributed by atoms with Gasteiger partial charge in [-0.2, -0.15) is 22.7 Å². The first-order valence-electron chi connectivity index (χ1n) is 11.9. The molecule has 1 fully saturated rings. The maximum atomic E-state index is 13.4. The van der Waals surface area contributed by atoms with E-state index in [-0.39, 0.29) is 54.3 Å². The number of hydrogen-bond acceptors (Lipinski definition) is 9. The molecule has 1 aliphatic rings. The molecule has 1 saturated heterocycles. The molecule has 40 heavy (non-hydrogen) atoms. The highest BCUT2D eigenvalue weighted by molar-refractivity contribution is 7.88. The number of nitrogens with one attached hydrogen (secondary N) is 1. The van der Waals surface area contributed by atoms with Gasteiger partial charge in [0.15, 0.2) is 0 Å². The standard InChI is InChI=1S/C24H24F3N7O5S/c1-14(15-8-17(24(25,26)27)10-18(9-15)34(36)37)30-22-19-11-20(32-4-6-33(7-5-32)40(3,38)39)23(35)31(2)21(19)16(12-28)13-29-22/h8-11,13-14H,4-7H2,1-3H3,(H,29,30)/t14-/m1/s1. The smallest absolute Gasteiger partial charge is 0.364 e. The summed E-state index contributed by atoms with van der Waals surface area (Å²) < 4.78 is 66.6. The predicted molar refractivity (Wildman–Crippen MR) is 140 cm³/mol. The van der Waals surface area contributed by atoms with E-state index in [9.17, 15) is 41.8 Å². The summed E-state index contributed by atoms with van der Waals surface area (Å²) in [6.07, 6.45) is -2.49. The fourth-order valence-corrected chi connectivity index (χ4v) is 5.44. The van der Waals surface area contributed by atoms with Crippen LogP contribution >= 0.6 is 0 Å². The van der Waals surface area contributed by atoms with E-state index >= 15 is 0 Å². The van der Waals surface area contributed by atoms with Gasteiger partial charge in [0.25, 0.3) is 11.2 Å². The molecule has 0 unspecified atom stereocenters. The van der Waals surface area contributed by atoms with E-state index in [1.54, 1.807) is 4.90 Å². The average molecular weight is 580 g/mol. The minimum absolute atomic E-state index is 0.0252. The highest BCUT2D eigenvalue weighted by Crippen LogP contribution is 2.35. The van der Waals surface area contributed by atoms with E-state index in [1.165, 1.54) is 35.1 Å². The minimum atomic E-state index is -4.81. The van der Waals surface area contributed by atoms with E-state index in [0.29, 0.717) is 11.5 Å². The quantitative estimate of drug-likeness (QED) is 0.343. The van der Waals surface area contributed by atoms with Gasteiger partial charge in [0.05, 0.1) is 33.9 Å². The zero-order valence-corrected chi connectivity index (χ0v) is 22.4. The lowest BCUT2D eigenvalue weighted by Crippen LogP contribution is -2.49. The lowest BCUT2D eigenvalue weighted by molar-refractivity contribution is -0.385. The molecule has 1 atom stereocenters. The molecule has 0 aliphatic carbocycles. The van der Waals surface area contributed by atoms with Crippen LogP contribution in [0.5, 0.6) is 0 Å². The van der Waals surface area contributed by atoms with Crippen LogP contribution in [0.25, 0.3) is 10.9 Å². The fraction of sp³-hybridized carbons (Fsp3) is 0.375. The highest BCUT2D eigenvalue weighted by atomic mass is 32.2. The summed E-state index contributed by atoms with van der Waals surface area (Å²) in [5.74, 6) is 0.133. The molecule has 0 radical (unpaired) electrons. The number of halogens is 3. The second-order valence-electron chi connectivity index (χ2n) is 9.37. The van der Waals surface area contributed by atoms with Crippen LogP contribution < -0.4 is 15.8 Å². The Balaban J connectivity index is 1.79. The zero-order chi connectivity index (χ0) is 29.6. The normalized spacial score (nSPS) is 15.6. The molecule has 0 amide bonds. The number of nitrogens with zero attached hydrogens (tertiary/aromatic N) is 6. The number of hydrogen-bond donors (Lipinski definition) is 1. The number of sulfonamides is 1. The molecule has 0 spiro atoms. The van der Waals surface area contributed by atoms with Gasteiger partial charge in [0.1, 0.15) is 17.6 Å². The van der Waals surface area contributed by atoms with Crippen molar-refractivity contribution >= 4 is 38.1 Å². The van der Waals surface area contributed by atoms with Crippen LogP contribution in [0.1, 0.15) is 29.7 Å². The number of nitro benzene ring substituents is 1. The Morgan fingerprint density at radius 2 is 1.82 bits per heavy atom. The molecular formula is C24H24F3N7O5S. The van der Waals surface area contributed by atoms with Gasteiger partial charge in [-0.15, -0.1) is 0 Å². The summed E-state index contributed by atoms with van der Waals surface area (Å²) >= 11 is 0. The Morgan fingerprint density at radius 1 is 1.18 bits per heavy atom. The minimum Gasteiger partial charge on any atom is -0.364 e. The lowest BCUT2D eigenvalue weighted by Gasteiger charge is -2.34. The van der Waals surface area contributed by atoms with E-state index in [0.717, 1.165) is 18.4 Å². The molecule has 3 heterocycles. The van der Waals surface area contributed by atoms with Crippen molar-refractivity contribution in [3.8, 4) is 6.07 Å². The Labute approximate surface area is 226 Å². The van der Waals surface area contributed by atoms with E-state index in [1.807, 2.05) is 6.07 Å². The van der Waals surface area contributed by atoms with Crippen LogP contribution in [-0.4, -0.2) is 59.6 Å². The van der Waals surface area contributed by atoms with Crippen LogP contribution in [0.2, 0.25) is 0 Å². The van der Waals surface area contributed by atoms with Crippen molar-refractivity contribution in [2.45, 2.75) is 19.1 Å². The Morgan fingerprint density at radius 3 is 2.38 bits per heavy atom. The summed E-state index contributed by atoms with van der Waals surface area (Å²) in [5.41, 5.74) is -1.83. The number of fused-ring (bicyclic) bond motifs is 1. The molecule has 1 aliphatic heterocycles. The van der Waals surface area contributed by atoms with Crippen molar-refractivity contribution in [1.82, 2.24) is 13.9 Å². The number of alkyl halides is 3. The predicted octanol–water partition coefficient (Wildman–Crippen LogP) is 2.99. The number of piperazine rings is 1. The topological polar surface area (TPSA) is 154 Å². The molecule has 2 aromatic heterocycles. The molecule has 0 saturated carbocycles. The SMILES string of the molecule is C[C@@H](Nc1ncc(C#N)c2c1cc(N1CCN(S(C)(=O)=O)CC1)c(=O)n2C)c1cc([N+](=O)[O-])cc(C(F)(F)F)c1. The van der Waals surface area contributed by atoms with Crippen LogP contribution in [0.15, 0.2) is 35.3 Å². The molecule has 12 nitrogen and oxygen atoms in total. The van der Waals surface area contributed by atoms with Crippen molar-refractivity contribution in [3.63, 3.8) is 0 Å². The van der Waals surface area contributed by atoms with E-state index in [4.69, 9.17) is 0 Å². The number of nitriles is 1. The summed E-state index contributed by atoms with van der Waals surface area (Å²) in [7, 11) is -1.94. The van der Waals surface area contributed by atoms with Gasteiger partial charge in [-0.05, 0) is 24.6 Å². The molecule has 0 bridgehead atoms. The van der Waals surface area contributed by atoms with Gasteiger partial charge in [-0.3, -0.25) is 14.9 Å². The third-order valence-corrected chi connectivity index (χ3v) is 8.03. The summed E-state index contributed by atoms with van der Waals surface area (Å²) in [6.45, 7) is 2.27. The summed E-state index contributed by atoms with van der Waals surface area (Å²) in [5, 5.41) is 24.2. The molecule has 212 valence electrons. The van der Waals surface area contributed by atoms with Gasteiger partial charge < -0.3 is 14.8 Å². The molecule has 1 aromatic carbocycles. The van der Waals surface area contributed by atoms with Crippen molar-refractivity contribution in [3.05, 3.63) is 67.6 Å². The largest absolute Gasteiger partial charge is 0.416 e. The number of nitro groups is 1. The second-order valence-corrected chi connectivity index (χ2v) is 11.4. The molecular weight excluding hydrogens is 555 g/mol. The Bertz CT molecular complexity index is 1710. The first-order valence-corrected chi connectivity index (χ1v) is 13.7. The van der Waals surface area contributed by atoms with Crippen molar-refractivity contribution < 1.29 is 26.5 Å². The van der Waals surface area contributed by atoms with Crippen molar-refractivity contribution in [1.29, 1.82) is 5.26 Å². The number of aryl methyl sites for hydroxylation is 1. The van der Waals surface area contributed by atoms with Crippen LogP contribution in [0, 0.1) is 21.4 Å². The second kappa shape index (κ2) is 10.4. The fourth-order valence-electron chi connectivity index (χ4n) is 4.61. The van der Waals surface area contributed by atoms with Crippen molar-refractivity contribution in [2.75, 3.05) is 42.7 Å². The summed E-state index contributed by atoms with van der Waals surface area (Å²) in [6, 6.07) is 4.87. The van der Waals surface area contributed by atoms with E-state index in [2.05, 4.69) is 10.3 Å². The van der Waals surface area contributed by atoms with Crippen LogP contribution in [-0.2, 0) is 23.2 Å². The van der Waals surface area contributed by atoms with Gasteiger partial charge in [-0.25, -0.2) is 13.4 Å². The average Bonchev–Trinajstić information content (AvgIpc) is 2.89.